The second-order valence-corrected chi connectivity index (χ2v) is 9.98. The molecule has 0 aromatic heterocycles. The molecule has 1 fully saturated rings. The van der Waals surface area contributed by atoms with Crippen molar-refractivity contribution in [1.29, 1.82) is 0 Å². The van der Waals surface area contributed by atoms with Crippen LogP contribution in [0, 0.1) is 17.2 Å². The van der Waals surface area contributed by atoms with E-state index < -0.39 is 23.3 Å². The number of halogens is 3. The highest BCUT2D eigenvalue weighted by Crippen LogP contribution is 2.43. The molecule has 2 aromatic rings. The zero-order chi connectivity index (χ0) is 24.2. The molecular weight excluding hydrogens is 464 g/mol. The lowest BCUT2D eigenvalue weighted by Gasteiger charge is -2.35. The largest absolute Gasteiger partial charge is 0.394 e. The van der Waals surface area contributed by atoms with Crippen molar-refractivity contribution in [3.63, 3.8) is 0 Å². The highest BCUT2D eigenvalue weighted by Gasteiger charge is 2.41. The first-order valence-electron chi connectivity index (χ1n) is 11.1. The van der Waals surface area contributed by atoms with Crippen LogP contribution in [-0.4, -0.2) is 28.8 Å². The second kappa shape index (κ2) is 11.0. The zero-order valence-corrected chi connectivity index (χ0v) is 20.1. The average molecular weight is 494 g/mol. The fraction of sp³-hybridized carbons (Fsp3) is 0.423. The molecule has 0 heterocycles. The molecule has 7 heteroatoms. The first kappa shape index (κ1) is 25.7. The number of hydrogen-bond donors (Lipinski definition) is 3. The first-order chi connectivity index (χ1) is 15.7. The van der Waals surface area contributed by atoms with Crippen molar-refractivity contribution in [2.45, 2.75) is 50.7 Å². The van der Waals surface area contributed by atoms with Gasteiger partial charge in [-0.25, -0.2) is 4.39 Å². The van der Waals surface area contributed by atoms with E-state index in [4.69, 9.17) is 23.2 Å². The molecular formula is C26H30Cl2FNO3. The minimum Gasteiger partial charge on any atom is -0.394 e. The summed E-state index contributed by atoms with van der Waals surface area (Å²) in [5.41, 5.74) is 0.159. The Hall–Kier alpha value is -1.92. The molecule has 3 rings (SSSR count). The van der Waals surface area contributed by atoms with Crippen LogP contribution in [0.3, 0.4) is 0 Å². The summed E-state index contributed by atoms with van der Waals surface area (Å²) < 4.78 is 14.2. The zero-order valence-electron chi connectivity index (χ0n) is 18.6. The summed E-state index contributed by atoms with van der Waals surface area (Å²) in [5, 5.41) is 24.5. The van der Waals surface area contributed by atoms with Gasteiger partial charge in [-0.2, -0.15) is 0 Å². The number of benzene rings is 2. The van der Waals surface area contributed by atoms with E-state index in [1.807, 2.05) is 13.0 Å². The van der Waals surface area contributed by atoms with Gasteiger partial charge in [0.1, 0.15) is 5.82 Å². The van der Waals surface area contributed by atoms with Crippen molar-refractivity contribution < 1.29 is 19.4 Å². The molecule has 0 saturated heterocycles. The standard InChI is InChI=1S/C26H30Cl2FNO3/c1-3-11-26(2,25(33)30-23(15-31)16-7-8-16)14-20(17-5-4-6-19(27)12-17)24(32)18-9-10-21(28)22(29)13-18/h3-6,9-10,12-13,16,20,23-24,31-32H,1,7-8,11,14-15H2,2H3,(H,30,33)/t20-,23-,24+,26+/m1/s1. The smallest absolute Gasteiger partial charge is 0.226 e. The normalized spacial score (nSPS) is 18.1. The molecule has 4 nitrogen and oxygen atoms in total. The Balaban J connectivity index is 1.95. The van der Waals surface area contributed by atoms with Gasteiger partial charge in [-0.15, -0.1) is 6.58 Å². The summed E-state index contributed by atoms with van der Waals surface area (Å²) in [6.45, 7) is 5.51. The van der Waals surface area contributed by atoms with Gasteiger partial charge in [0, 0.05) is 10.9 Å². The monoisotopic (exact) mass is 493 g/mol. The number of hydrogen-bond acceptors (Lipinski definition) is 3. The van der Waals surface area contributed by atoms with Crippen LogP contribution in [0.15, 0.2) is 55.1 Å². The number of allylic oxidation sites excluding steroid dienone is 1. The van der Waals surface area contributed by atoms with E-state index in [0.717, 1.165) is 18.4 Å². The van der Waals surface area contributed by atoms with Crippen LogP contribution in [-0.2, 0) is 4.79 Å². The lowest BCUT2D eigenvalue weighted by molar-refractivity contribution is -0.132. The maximum atomic E-state index is 14.2. The van der Waals surface area contributed by atoms with Gasteiger partial charge in [0.2, 0.25) is 5.91 Å². The van der Waals surface area contributed by atoms with E-state index >= 15 is 0 Å². The Morgan fingerprint density at radius 2 is 2.00 bits per heavy atom. The van der Waals surface area contributed by atoms with Gasteiger partial charge in [-0.3, -0.25) is 4.79 Å². The molecule has 33 heavy (non-hydrogen) atoms. The fourth-order valence-corrected chi connectivity index (χ4v) is 4.62. The van der Waals surface area contributed by atoms with Crippen molar-refractivity contribution in [1.82, 2.24) is 5.32 Å². The van der Waals surface area contributed by atoms with Gasteiger partial charge in [-0.1, -0.05) is 54.4 Å². The lowest BCUT2D eigenvalue weighted by Crippen LogP contribution is -2.47. The number of rotatable bonds is 11. The lowest BCUT2D eigenvalue weighted by atomic mass is 9.72. The van der Waals surface area contributed by atoms with Gasteiger partial charge < -0.3 is 15.5 Å². The first-order valence-corrected chi connectivity index (χ1v) is 11.9. The van der Waals surface area contributed by atoms with Gasteiger partial charge in [0.25, 0.3) is 0 Å². The second-order valence-electron chi connectivity index (χ2n) is 9.14. The van der Waals surface area contributed by atoms with Crippen LogP contribution in [0.5, 0.6) is 0 Å². The summed E-state index contributed by atoms with van der Waals surface area (Å²) in [6, 6.07) is 11.0. The van der Waals surface area contributed by atoms with E-state index in [2.05, 4.69) is 11.9 Å². The molecule has 4 atom stereocenters. The summed E-state index contributed by atoms with van der Waals surface area (Å²) in [7, 11) is 0. The van der Waals surface area contributed by atoms with Gasteiger partial charge in [0.05, 0.1) is 29.2 Å². The quantitative estimate of drug-likeness (QED) is 0.346. The van der Waals surface area contributed by atoms with Crippen LogP contribution in [0.4, 0.5) is 4.39 Å². The number of carbonyl (C=O) groups is 1. The van der Waals surface area contributed by atoms with Crippen molar-refractivity contribution in [3.05, 3.63) is 82.1 Å². The molecule has 2 aromatic carbocycles. The molecule has 1 amide bonds. The van der Waals surface area contributed by atoms with Gasteiger partial charge in [0.15, 0.2) is 0 Å². The molecule has 0 spiro atoms. The van der Waals surface area contributed by atoms with Crippen molar-refractivity contribution in [2.24, 2.45) is 11.3 Å². The molecule has 1 aliphatic rings. The molecule has 0 radical (unpaired) electrons. The summed E-state index contributed by atoms with van der Waals surface area (Å²) in [5.74, 6) is -1.11. The highest BCUT2D eigenvalue weighted by atomic mass is 35.5. The maximum absolute atomic E-state index is 14.2. The minimum absolute atomic E-state index is 0.0312. The third kappa shape index (κ3) is 6.36. The van der Waals surface area contributed by atoms with Crippen molar-refractivity contribution in [3.8, 4) is 0 Å². The fourth-order valence-electron chi connectivity index (χ4n) is 4.30. The Bertz CT molecular complexity index is 997. The topological polar surface area (TPSA) is 69.6 Å². The predicted molar refractivity (Wildman–Crippen MR) is 130 cm³/mol. The number of nitrogens with one attached hydrogen (secondary N) is 1. The van der Waals surface area contributed by atoms with E-state index in [1.165, 1.54) is 12.1 Å². The van der Waals surface area contributed by atoms with Crippen LogP contribution in [0.25, 0.3) is 0 Å². The molecule has 0 bridgehead atoms. The van der Waals surface area contributed by atoms with E-state index in [0.29, 0.717) is 22.9 Å². The van der Waals surface area contributed by atoms with E-state index in [-0.39, 0.29) is 30.0 Å². The SMILES string of the molecule is C=CC[C@@](C)(C[C@H](c1cccc(Cl)c1)[C@@H](O)c1ccc(Cl)c(F)c1)C(=O)N[C@H](CO)C1CC1. The van der Waals surface area contributed by atoms with E-state index in [1.54, 1.807) is 30.3 Å². The summed E-state index contributed by atoms with van der Waals surface area (Å²) in [6.07, 6.45) is 3.14. The average Bonchev–Trinajstić information content (AvgIpc) is 3.62. The van der Waals surface area contributed by atoms with Crippen molar-refractivity contribution >= 4 is 29.1 Å². The number of amides is 1. The molecule has 178 valence electrons. The number of carbonyl (C=O) groups excluding carboxylic acids is 1. The summed E-state index contributed by atoms with van der Waals surface area (Å²) >= 11 is 12.1. The molecule has 3 N–H and O–H groups in total. The Morgan fingerprint density at radius 3 is 2.58 bits per heavy atom. The van der Waals surface area contributed by atoms with Gasteiger partial charge in [-0.05, 0) is 67.0 Å². The predicted octanol–water partition coefficient (Wildman–Crippen LogP) is 5.81. The maximum Gasteiger partial charge on any atom is 0.226 e. The van der Waals surface area contributed by atoms with Crippen LogP contribution in [0.1, 0.15) is 55.8 Å². The van der Waals surface area contributed by atoms with E-state index in [9.17, 15) is 19.4 Å². The third-order valence-electron chi connectivity index (χ3n) is 6.46. The third-order valence-corrected chi connectivity index (χ3v) is 7.00. The van der Waals surface area contributed by atoms with Crippen LogP contribution in [0.2, 0.25) is 10.0 Å². The Kier molecular flexibility index (Phi) is 8.57. The van der Waals surface area contributed by atoms with Crippen molar-refractivity contribution in [2.75, 3.05) is 6.61 Å². The molecule has 1 aliphatic carbocycles. The van der Waals surface area contributed by atoms with Crippen LogP contribution < -0.4 is 5.32 Å². The van der Waals surface area contributed by atoms with Gasteiger partial charge >= 0.3 is 0 Å². The molecule has 1 saturated carbocycles. The minimum atomic E-state index is -1.11. The molecule has 0 unspecified atom stereocenters. The Labute approximate surface area is 204 Å². The Morgan fingerprint density at radius 1 is 1.27 bits per heavy atom. The van der Waals surface area contributed by atoms with Crippen LogP contribution >= 0.6 is 23.2 Å². The summed E-state index contributed by atoms with van der Waals surface area (Å²) in [4.78, 5) is 13.4. The number of aliphatic hydroxyl groups excluding tert-OH is 2. The highest BCUT2D eigenvalue weighted by molar-refractivity contribution is 6.31. The molecule has 0 aliphatic heterocycles. The number of aliphatic hydroxyl groups is 2.